The molecule has 2 saturated heterocycles. The van der Waals surface area contributed by atoms with Gasteiger partial charge in [-0.25, -0.2) is 0 Å². The van der Waals surface area contributed by atoms with Crippen molar-refractivity contribution >= 4 is 17.8 Å². The number of carbonyl (C=O) groups is 3. The third-order valence-corrected chi connectivity index (χ3v) is 4.10. The summed E-state index contributed by atoms with van der Waals surface area (Å²) in [6, 6.07) is -0.906. The van der Waals surface area contributed by atoms with Gasteiger partial charge in [0.15, 0.2) is 0 Å². The van der Waals surface area contributed by atoms with Crippen molar-refractivity contribution in [2.75, 3.05) is 26.3 Å². The average Bonchev–Trinajstić information content (AvgIpc) is 2.97. The van der Waals surface area contributed by atoms with E-state index in [0.29, 0.717) is 13.1 Å². The highest BCUT2D eigenvalue weighted by Crippen LogP contribution is 2.27. The SMILES string of the molecule is CCN1C(=O)CC(N(CC)C2COCC2C(=O)O)C1=O. The molecule has 0 aliphatic carbocycles. The van der Waals surface area contributed by atoms with Crippen LogP contribution in [0.15, 0.2) is 0 Å². The first-order chi connectivity index (χ1) is 9.51. The molecule has 2 heterocycles. The zero-order valence-corrected chi connectivity index (χ0v) is 11.7. The predicted octanol–water partition coefficient (Wildman–Crippen LogP) is -0.445. The minimum atomic E-state index is -0.921. The summed E-state index contributed by atoms with van der Waals surface area (Å²) in [5.74, 6) is -1.98. The zero-order chi connectivity index (χ0) is 14.9. The minimum Gasteiger partial charge on any atom is -0.481 e. The van der Waals surface area contributed by atoms with Crippen molar-refractivity contribution in [3.05, 3.63) is 0 Å². The number of hydrogen-bond acceptors (Lipinski definition) is 5. The predicted molar refractivity (Wildman–Crippen MR) is 68.9 cm³/mol. The number of hydrogen-bond donors (Lipinski definition) is 1. The van der Waals surface area contributed by atoms with Crippen molar-refractivity contribution in [2.24, 2.45) is 5.92 Å². The van der Waals surface area contributed by atoms with Crippen LogP contribution < -0.4 is 0 Å². The molecule has 7 nitrogen and oxygen atoms in total. The molecule has 20 heavy (non-hydrogen) atoms. The largest absolute Gasteiger partial charge is 0.481 e. The fourth-order valence-corrected chi connectivity index (χ4v) is 3.05. The van der Waals surface area contributed by atoms with Crippen LogP contribution in [0.4, 0.5) is 0 Å². The van der Waals surface area contributed by atoms with E-state index in [1.165, 1.54) is 4.90 Å². The quantitative estimate of drug-likeness (QED) is 0.688. The van der Waals surface area contributed by atoms with Gasteiger partial charge in [-0.2, -0.15) is 0 Å². The Morgan fingerprint density at radius 3 is 2.60 bits per heavy atom. The van der Waals surface area contributed by atoms with Crippen molar-refractivity contribution < 1.29 is 24.2 Å². The summed E-state index contributed by atoms with van der Waals surface area (Å²) in [6.45, 7) is 4.93. The van der Waals surface area contributed by atoms with E-state index in [-0.39, 0.29) is 37.5 Å². The maximum Gasteiger partial charge on any atom is 0.310 e. The third-order valence-electron chi connectivity index (χ3n) is 4.10. The molecule has 0 spiro atoms. The maximum absolute atomic E-state index is 12.3. The van der Waals surface area contributed by atoms with E-state index in [2.05, 4.69) is 0 Å². The van der Waals surface area contributed by atoms with Crippen LogP contribution in [0.5, 0.6) is 0 Å². The summed E-state index contributed by atoms with van der Waals surface area (Å²) in [7, 11) is 0. The van der Waals surface area contributed by atoms with Gasteiger partial charge in [0.1, 0.15) is 0 Å². The molecule has 0 radical (unpaired) electrons. The highest BCUT2D eigenvalue weighted by molar-refractivity contribution is 6.05. The van der Waals surface area contributed by atoms with Gasteiger partial charge < -0.3 is 9.84 Å². The van der Waals surface area contributed by atoms with Crippen LogP contribution in [-0.2, 0) is 19.1 Å². The molecular weight excluding hydrogens is 264 g/mol. The minimum absolute atomic E-state index is 0.128. The molecule has 2 fully saturated rings. The molecule has 1 N–H and O–H groups in total. The van der Waals surface area contributed by atoms with Gasteiger partial charge in [-0.1, -0.05) is 6.92 Å². The first kappa shape index (κ1) is 14.9. The lowest BCUT2D eigenvalue weighted by molar-refractivity contribution is -0.145. The van der Waals surface area contributed by atoms with E-state index in [9.17, 15) is 19.5 Å². The van der Waals surface area contributed by atoms with Gasteiger partial charge in [-0.15, -0.1) is 0 Å². The molecule has 0 aromatic rings. The van der Waals surface area contributed by atoms with Gasteiger partial charge in [-0.05, 0) is 13.5 Å². The average molecular weight is 284 g/mol. The Bertz CT molecular complexity index is 425. The molecule has 2 rings (SSSR count). The van der Waals surface area contributed by atoms with Crippen LogP contribution in [0.3, 0.4) is 0 Å². The second kappa shape index (κ2) is 5.88. The summed E-state index contributed by atoms with van der Waals surface area (Å²) in [4.78, 5) is 38.4. The first-order valence-corrected chi connectivity index (χ1v) is 6.91. The van der Waals surface area contributed by atoms with Crippen molar-refractivity contribution in [1.82, 2.24) is 9.80 Å². The highest BCUT2D eigenvalue weighted by atomic mass is 16.5. The number of nitrogens with zero attached hydrogens (tertiary/aromatic N) is 2. The fraction of sp³-hybridized carbons (Fsp3) is 0.769. The molecule has 3 atom stereocenters. The lowest BCUT2D eigenvalue weighted by Crippen LogP contribution is -2.51. The summed E-state index contributed by atoms with van der Waals surface area (Å²) in [6.07, 6.45) is 0.128. The number of aliphatic carboxylic acids is 1. The maximum atomic E-state index is 12.3. The number of likely N-dealkylation sites (N-methyl/N-ethyl adjacent to an activating group) is 2. The highest BCUT2D eigenvalue weighted by Gasteiger charge is 2.47. The van der Waals surface area contributed by atoms with Gasteiger partial charge in [0.2, 0.25) is 11.8 Å². The second-order valence-electron chi connectivity index (χ2n) is 5.08. The van der Waals surface area contributed by atoms with Crippen molar-refractivity contribution in [3.8, 4) is 0 Å². The Morgan fingerprint density at radius 1 is 1.40 bits per heavy atom. The monoisotopic (exact) mass is 284 g/mol. The summed E-state index contributed by atoms with van der Waals surface area (Å²) in [5, 5.41) is 9.22. The topological polar surface area (TPSA) is 87.2 Å². The van der Waals surface area contributed by atoms with Crippen LogP contribution in [0.25, 0.3) is 0 Å². The Hall–Kier alpha value is -1.47. The number of carboxylic acid groups (broad SMARTS) is 1. The smallest absolute Gasteiger partial charge is 0.310 e. The Labute approximate surface area is 117 Å². The van der Waals surface area contributed by atoms with E-state index in [1.807, 2.05) is 11.8 Å². The van der Waals surface area contributed by atoms with Crippen LogP contribution >= 0.6 is 0 Å². The number of amides is 2. The Balaban J connectivity index is 2.18. The number of carbonyl (C=O) groups excluding carboxylic acids is 2. The molecule has 0 aromatic heterocycles. The Kier molecular flexibility index (Phi) is 4.39. The standard InChI is InChI=1S/C13H20N2O5/c1-3-14(10-7-20-6-8(10)13(18)19)9-5-11(16)15(4-2)12(9)17/h8-10H,3-7H2,1-2H3,(H,18,19). The number of carboxylic acids is 1. The van der Waals surface area contributed by atoms with Crippen molar-refractivity contribution in [2.45, 2.75) is 32.4 Å². The van der Waals surface area contributed by atoms with Crippen LogP contribution in [-0.4, -0.2) is 71.1 Å². The summed E-state index contributed by atoms with van der Waals surface area (Å²) in [5.41, 5.74) is 0. The lowest BCUT2D eigenvalue weighted by Gasteiger charge is -2.32. The van der Waals surface area contributed by atoms with Gasteiger partial charge >= 0.3 is 5.97 Å². The van der Waals surface area contributed by atoms with E-state index >= 15 is 0 Å². The van der Waals surface area contributed by atoms with Gasteiger partial charge in [0.05, 0.1) is 31.6 Å². The van der Waals surface area contributed by atoms with E-state index < -0.39 is 17.9 Å². The van der Waals surface area contributed by atoms with E-state index in [1.54, 1.807) is 6.92 Å². The molecular formula is C13H20N2O5. The van der Waals surface area contributed by atoms with Gasteiger partial charge in [0, 0.05) is 12.6 Å². The first-order valence-electron chi connectivity index (χ1n) is 6.91. The normalized spacial score (nSPS) is 30.6. The second-order valence-corrected chi connectivity index (χ2v) is 5.08. The van der Waals surface area contributed by atoms with Crippen LogP contribution in [0, 0.1) is 5.92 Å². The fourth-order valence-electron chi connectivity index (χ4n) is 3.05. The van der Waals surface area contributed by atoms with Crippen LogP contribution in [0.1, 0.15) is 20.3 Å². The number of rotatable bonds is 5. The van der Waals surface area contributed by atoms with Gasteiger partial charge in [0.25, 0.3) is 0 Å². The molecule has 112 valence electrons. The molecule has 2 aliphatic rings. The van der Waals surface area contributed by atoms with Crippen LogP contribution in [0.2, 0.25) is 0 Å². The van der Waals surface area contributed by atoms with E-state index in [0.717, 1.165) is 0 Å². The molecule has 0 saturated carbocycles. The molecule has 0 aromatic carbocycles. The summed E-state index contributed by atoms with van der Waals surface area (Å²) < 4.78 is 5.26. The molecule has 3 unspecified atom stereocenters. The third kappa shape index (κ3) is 2.43. The van der Waals surface area contributed by atoms with E-state index in [4.69, 9.17) is 4.74 Å². The molecule has 7 heteroatoms. The zero-order valence-electron chi connectivity index (χ0n) is 11.7. The number of likely N-dealkylation sites (tertiary alicyclic amines) is 1. The lowest BCUT2D eigenvalue weighted by atomic mass is 10.00. The van der Waals surface area contributed by atoms with Crippen molar-refractivity contribution in [1.29, 1.82) is 0 Å². The number of imide groups is 1. The summed E-state index contributed by atoms with van der Waals surface area (Å²) >= 11 is 0. The van der Waals surface area contributed by atoms with Gasteiger partial charge in [-0.3, -0.25) is 24.2 Å². The Morgan fingerprint density at radius 2 is 2.10 bits per heavy atom. The molecule has 0 bridgehead atoms. The number of ether oxygens (including phenoxy) is 1. The molecule has 2 aliphatic heterocycles. The van der Waals surface area contributed by atoms with Crippen molar-refractivity contribution in [3.63, 3.8) is 0 Å². The molecule has 2 amide bonds.